The average molecular weight is 223 g/mol. The van der Waals surface area contributed by atoms with E-state index in [1.807, 2.05) is 11.3 Å². The second kappa shape index (κ2) is 5.13. The molecule has 1 unspecified atom stereocenters. The highest BCUT2D eigenvalue weighted by molar-refractivity contribution is 7.10. The molecule has 1 fully saturated rings. The Hall–Kier alpha value is -0.340. The van der Waals surface area contributed by atoms with Crippen LogP contribution in [-0.4, -0.2) is 6.54 Å². The third-order valence-electron chi connectivity index (χ3n) is 3.52. The van der Waals surface area contributed by atoms with Gasteiger partial charge in [0, 0.05) is 10.9 Å². The van der Waals surface area contributed by atoms with Gasteiger partial charge in [-0.3, -0.25) is 0 Å². The quantitative estimate of drug-likeness (QED) is 0.798. The zero-order chi connectivity index (χ0) is 10.7. The van der Waals surface area contributed by atoms with E-state index >= 15 is 0 Å². The summed E-state index contributed by atoms with van der Waals surface area (Å²) in [6.45, 7) is 5.52. The average Bonchev–Trinajstić information content (AvgIpc) is 2.56. The molecule has 2 rings (SSSR count). The fraction of sp³-hybridized carbons (Fsp3) is 0.692. The van der Waals surface area contributed by atoms with Crippen molar-refractivity contribution in [2.24, 2.45) is 5.92 Å². The molecule has 1 nitrogen and oxygen atoms in total. The van der Waals surface area contributed by atoms with Crippen molar-refractivity contribution < 1.29 is 0 Å². The van der Waals surface area contributed by atoms with Gasteiger partial charge in [-0.15, -0.1) is 11.3 Å². The maximum absolute atomic E-state index is 3.63. The van der Waals surface area contributed by atoms with Crippen LogP contribution in [0.3, 0.4) is 0 Å². The van der Waals surface area contributed by atoms with E-state index in [-0.39, 0.29) is 0 Å². The summed E-state index contributed by atoms with van der Waals surface area (Å²) in [5.74, 6) is 0.980. The lowest BCUT2D eigenvalue weighted by Crippen LogP contribution is -2.26. The van der Waals surface area contributed by atoms with Gasteiger partial charge in [-0.05, 0) is 42.8 Å². The van der Waals surface area contributed by atoms with Crippen molar-refractivity contribution in [1.29, 1.82) is 0 Å². The maximum atomic E-state index is 3.63. The number of nitrogens with one attached hydrogen (secondary N) is 1. The predicted molar refractivity (Wildman–Crippen MR) is 67.4 cm³/mol. The molecule has 1 atom stereocenters. The fourth-order valence-electron chi connectivity index (χ4n) is 2.38. The molecule has 0 aliphatic heterocycles. The molecule has 0 spiro atoms. The number of hydrogen-bond acceptors (Lipinski definition) is 2. The van der Waals surface area contributed by atoms with Crippen molar-refractivity contribution in [2.45, 2.75) is 45.6 Å². The normalized spacial score (nSPS) is 18.8. The molecular formula is C13H21NS. The third-order valence-corrected chi connectivity index (χ3v) is 4.38. The third kappa shape index (κ3) is 2.61. The number of thiophene rings is 1. The Morgan fingerprint density at radius 3 is 2.80 bits per heavy atom. The molecular weight excluding hydrogens is 202 g/mol. The first kappa shape index (κ1) is 11.2. The van der Waals surface area contributed by atoms with Crippen molar-refractivity contribution in [3.8, 4) is 0 Å². The van der Waals surface area contributed by atoms with Gasteiger partial charge in [-0.2, -0.15) is 0 Å². The lowest BCUT2D eigenvalue weighted by Gasteiger charge is -2.30. The molecule has 2 heteroatoms. The molecule has 1 aromatic heterocycles. The summed E-state index contributed by atoms with van der Waals surface area (Å²) >= 11 is 1.87. The van der Waals surface area contributed by atoms with E-state index < -0.39 is 0 Å². The Morgan fingerprint density at radius 1 is 1.53 bits per heavy atom. The SMILES string of the molecule is CCNC(CC1CCC1)c1ccsc1C. The summed E-state index contributed by atoms with van der Waals surface area (Å²) in [4.78, 5) is 1.49. The Balaban J connectivity index is 2.01. The molecule has 0 radical (unpaired) electrons. The summed E-state index contributed by atoms with van der Waals surface area (Å²) in [5, 5.41) is 5.85. The van der Waals surface area contributed by atoms with Crippen LogP contribution in [0.15, 0.2) is 11.4 Å². The molecule has 1 saturated carbocycles. The lowest BCUT2D eigenvalue weighted by atomic mass is 9.79. The molecule has 1 aliphatic carbocycles. The van der Waals surface area contributed by atoms with Crippen LogP contribution in [0.4, 0.5) is 0 Å². The molecule has 1 N–H and O–H groups in total. The predicted octanol–water partition coefficient (Wildman–Crippen LogP) is 3.90. The van der Waals surface area contributed by atoms with Crippen LogP contribution >= 0.6 is 11.3 Å². The Labute approximate surface area is 96.9 Å². The van der Waals surface area contributed by atoms with Gasteiger partial charge >= 0.3 is 0 Å². The van der Waals surface area contributed by atoms with Gasteiger partial charge in [-0.1, -0.05) is 26.2 Å². The summed E-state index contributed by atoms with van der Waals surface area (Å²) < 4.78 is 0. The highest BCUT2D eigenvalue weighted by Crippen LogP contribution is 2.36. The van der Waals surface area contributed by atoms with Crippen LogP contribution in [0.1, 0.15) is 49.1 Å². The lowest BCUT2D eigenvalue weighted by molar-refractivity contribution is 0.262. The Bertz CT molecular complexity index is 301. The van der Waals surface area contributed by atoms with E-state index in [1.165, 1.54) is 36.1 Å². The monoisotopic (exact) mass is 223 g/mol. The van der Waals surface area contributed by atoms with E-state index in [0.717, 1.165) is 12.5 Å². The molecule has 15 heavy (non-hydrogen) atoms. The maximum Gasteiger partial charge on any atom is 0.0333 e. The zero-order valence-electron chi connectivity index (χ0n) is 9.75. The van der Waals surface area contributed by atoms with E-state index in [9.17, 15) is 0 Å². The number of aryl methyl sites for hydroxylation is 1. The first-order chi connectivity index (χ1) is 7.31. The van der Waals surface area contributed by atoms with Crippen LogP contribution in [0, 0.1) is 12.8 Å². The molecule has 0 bridgehead atoms. The standard InChI is InChI=1S/C13H21NS/c1-3-14-13(9-11-5-4-6-11)12-7-8-15-10(12)2/h7-8,11,13-14H,3-6,9H2,1-2H3. The van der Waals surface area contributed by atoms with E-state index in [4.69, 9.17) is 0 Å². The van der Waals surface area contributed by atoms with E-state index in [1.54, 1.807) is 0 Å². The van der Waals surface area contributed by atoms with Crippen molar-refractivity contribution in [2.75, 3.05) is 6.54 Å². The van der Waals surface area contributed by atoms with Gasteiger partial charge in [0.25, 0.3) is 0 Å². The largest absolute Gasteiger partial charge is 0.310 e. The highest BCUT2D eigenvalue weighted by Gasteiger charge is 2.23. The minimum Gasteiger partial charge on any atom is -0.310 e. The Morgan fingerprint density at radius 2 is 2.33 bits per heavy atom. The molecule has 1 aromatic rings. The van der Waals surface area contributed by atoms with Gasteiger partial charge in [0.1, 0.15) is 0 Å². The van der Waals surface area contributed by atoms with Crippen molar-refractivity contribution >= 4 is 11.3 Å². The van der Waals surface area contributed by atoms with Gasteiger partial charge in [-0.25, -0.2) is 0 Å². The minimum atomic E-state index is 0.603. The summed E-state index contributed by atoms with van der Waals surface area (Å²) in [6.07, 6.45) is 5.69. The van der Waals surface area contributed by atoms with Crippen molar-refractivity contribution in [1.82, 2.24) is 5.32 Å². The number of rotatable bonds is 5. The molecule has 0 aromatic carbocycles. The van der Waals surface area contributed by atoms with Crippen molar-refractivity contribution in [3.05, 3.63) is 21.9 Å². The minimum absolute atomic E-state index is 0.603. The van der Waals surface area contributed by atoms with E-state index in [0.29, 0.717) is 6.04 Å². The molecule has 84 valence electrons. The van der Waals surface area contributed by atoms with Crippen LogP contribution in [0.2, 0.25) is 0 Å². The zero-order valence-corrected chi connectivity index (χ0v) is 10.6. The first-order valence-electron chi connectivity index (χ1n) is 6.08. The smallest absolute Gasteiger partial charge is 0.0333 e. The van der Waals surface area contributed by atoms with Gasteiger partial charge < -0.3 is 5.32 Å². The van der Waals surface area contributed by atoms with E-state index in [2.05, 4.69) is 30.6 Å². The van der Waals surface area contributed by atoms with Crippen LogP contribution in [0.25, 0.3) is 0 Å². The highest BCUT2D eigenvalue weighted by atomic mass is 32.1. The molecule has 1 aliphatic rings. The number of hydrogen-bond donors (Lipinski definition) is 1. The second-order valence-corrected chi connectivity index (χ2v) is 5.70. The van der Waals surface area contributed by atoms with Gasteiger partial charge in [0.2, 0.25) is 0 Å². The summed E-state index contributed by atoms with van der Waals surface area (Å²) in [5.41, 5.74) is 1.54. The first-order valence-corrected chi connectivity index (χ1v) is 6.96. The van der Waals surface area contributed by atoms with Crippen molar-refractivity contribution in [3.63, 3.8) is 0 Å². The Kier molecular flexibility index (Phi) is 3.81. The van der Waals surface area contributed by atoms with Crippen LogP contribution < -0.4 is 5.32 Å². The molecule has 0 saturated heterocycles. The second-order valence-electron chi connectivity index (χ2n) is 4.58. The fourth-order valence-corrected chi connectivity index (χ4v) is 3.15. The van der Waals surface area contributed by atoms with Gasteiger partial charge in [0.05, 0.1) is 0 Å². The van der Waals surface area contributed by atoms with Gasteiger partial charge in [0.15, 0.2) is 0 Å². The topological polar surface area (TPSA) is 12.0 Å². The van der Waals surface area contributed by atoms with Crippen LogP contribution in [0.5, 0.6) is 0 Å². The van der Waals surface area contributed by atoms with Crippen LogP contribution in [-0.2, 0) is 0 Å². The summed E-state index contributed by atoms with van der Waals surface area (Å²) in [6, 6.07) is 2.90. The molecule has 0 amide bonds. The molecule has 1 heterocycles. The summed E-state index contributed by atoms with van der Waals surface area (Å²) in [7, 11) is 0.